The molecule has 0 aliphatic carbocycles. The Morgan fingerprint density at radius 3 is 2.41 bits per heavy atom. The largest absolute Gasteiger partial charge is 1.00 e. The zero-order chi connectivity index (χ0) is 11.5. The Labute approximate surface area is 125 Å². The molecular formula is C12H11NaO3S. The van der Waals surface area contributed by atoms with E-state index in [0.717, 1.165) is 5.39 Å². The van der Waals surface area contributed by atoms with Crippen LogP contribution in [0.1, 0.15) is 6.92 Å². The zero-order valence-corrected chi connectivity index (χ0v) is 12.6. The summed E-state index contributed by atoms with van der Waals surface area (Å²) in [6.45, 7) is 2.46. The average Bonchev–Trinajstić information content (AvgIpc) is 2.29. The van der Waals surface area contributed by atoms with E-state index in [1.165, 1.54) is 0 Å². The summed E-state index contributed by atoms with van der Waals surface area (Å²) in [6.07, 6.45) is 0. The molecule has 84 valence electrons. The molecule has 0 aliphatic heterocycles. The van der Waals surface area contributed by atoms with Crippen LogP contribution in [-0.4, -0.2) is 15.4 Å². The Bertz CT molecular complexity index is 542. The molecule has 2 rings (SSSR count). The van der Waals surface area contributed by atoms with E-state index in [9.17, 15) is 8.76 Å². The Morgan fingerprint density at radius 1 is 1.18 bits per heavy atom. The van der Waals surface area contributed by atoms with Crippen molar-refractivity contribution in [3.05, 3.63) is 36.4 Å². The van der Waals surface area contributed by atoms with Gasteiger partial charge in [-0.3, -0.25) is 4.21 Å². The van der Waals surface area contributed by atoms with Crippen molar-refractivity contribution in [2.24, 2.45) is 0 Å². The Hall–Kier alpha value is -0.390. The van der Waals surface area contributed by atoms with E-state index in [1.807, 2.05) is 25.1 Å². The topological polar surface area (TPSA) is 49.4 Å². The first-order valence-corrected chi connectivity index (χ1v) is 6.05. The second kappa shape index (κ2) is 6.52. The summed E-state index contributed by atoms with van der Waals surface area (Å²) in [5.41, 5.74) is 0. The van der Waals surface area contributed by atoms with E-state index >= 15 is 0 Å². The fraction of sp³-hybridized carbons (Fsp3) is 0.167. The van der Waals surface area contributed by atoms with Crippen LogP contribution in [0.25, 0.3) is 10.8 Å². The van der Waals surface area contributed by atoms with E-state index < -0.39 is 11.1 Å². The quantitative estimate of drug-likeness (QED) is 0.550. The molecule has 0 N–H and O–H groups in total. The van der Waals surface area contributed by atoms with Gasteiger partial charge in [0, 0.05) is 15.7 Å². The van der Waals surface area contributed by atoms with Crippen molar-refractivity contribution < 1.29 is 43.1 Å². The SMILES string of the molecule is CCOc1ccc(S(=O)[O-])c2ccccc12.[Na+]. The predicted molar refractivity (Wildman–Crippen MR) is 62.3 cm³/mol. The van der Waals surface area contributed by atoms with Gasteiger partial charge in [0.2, 0.25) is 0 Å². The Kier molecular flexibility index (Phi) is 5.62. The van der Waals surface area contributed by atoms with Gasteiger partial charge in [0.25, 0.3) is 0 Å². The molecule has 0 amide bonds. The van der Waals surface area contributed by atoms with E-state index in [0.29, 0.717) is 22.6 Å². The van der Waals surface area contributed by atoms with Crippen molar-refractivity contribution in [2.75, 3.05) is 6.61 Å². The predicted octanol–water partition coefficient (Wildman–Crippen LogP) is -0.520. The average molecular weight is 258 g/mol. The van der Waals surface area contributed by atoms with Crippen molar-refractivity contribution in [3.8, 4) is 5.75 Å². The van der Waals surface area contributed by atoms with Gasteiger partial charge in [0.05, 0.1) is 6.61 Å². The molecule has 0 bridgehead atoms. The molecule has 0 spiro atoms. The summed E-state index contributed by atoms with van der Waals surface area (Å²) in [6, 6.07) is 10.6. The fourth-order valence-electron chi connectivity index (χ4n) is 1.67. The first kappa shape index (κ1) is 14.7. The molecule has 5 heteroatoms. The summed E-state index contributed by atoms with van der Waals surface area (Å²) in [4.78, 5) is 0.305. The van der Waals surface area contributed by atoms with Crippen LogP contribution in [0.4, 0.5) is 0 Å². The fourth-order valence-corrected chi connectivity index (χ4v) is 2.21. The van der Waals surface area contributed by atoms with Crippen molar-refractivity contribution >= 4 is 21.9 Å². The van der Waals surface area contributed by atoms with E-state index in [-0.39, 0.29) is 29.6 Å². The maximum Gasteiger partial charge on any atom is 1.00 e. The Morgan fingerprint density at radius 2 is 1.82 bits per heavy atom. The third-order valence-corrected chi connectivity index (χ3v) is 3.04. The van der Waals surface area contributed by atoms with Crippen LogP contribution < -0.4 is 34.3 Å². The second-order valence-electron chi connectivity index (χ2n) is 3.28. The summed E-state index contributed by atoms with van der Waals surface area (Å²) >= 11 is -2.22. The molecule has 1 unspecified atom stereocenters. The van der Waals surface area contributed by atoms with Gasteiger partial charge in [-0.1, -0.05) is 24.3 Å². The number of ether oxygens (including phenoxy) is 1. The Balaban J connectivity index is 0.00000144. The first-order valence-electron chi connectivity index (χ1n) is 4.98. The minimum absolute atomic E-state index is 0. The van der Waals surface area contributed by atoms with Gasteiger partial charge in [0.15, 0.2) is 0 Å². The van der Waals surface area contributed by atoms with Crippen LogP contribution >= 0.6 is 0 Å². The zero-order valence-electron chi connectivity index (χ0n) is 9.80. The second-order valence-corrected chi connectivity index (χ2v) is 4.18. The summed E-state index contributed by atoms with van der Waals surface area (Å²) in [5.74, 6) is 0.715. The molecule has 0 aliphatic rings. The maximum absolute atomic E-state index is 11.0. The number of rotatable bonds is 3. The molecule has 0 aromatic heterocycles. The van der Waals surface area contributed by atoms with Crippen LogP contribution in [0, 0.1) is 0 Å². The van der Waals surface area contributed by atoms with Gasteiger partial charge >= 0.3 is 29.6 Å². The summed E-state index contributed by atoms with van der Waals surface area (Å²) in [7, 11) is 0. The molecule has 0 saturated carbocycles. The normalized spacial score (nSPS) is 11.9. The van der Waals surface area contributed by atoms with Gasteiger partial charge in [0.1, 0.15) is 5.75 Å². The van der Waals surface area contributed by atoms with Crippen LogP contribution in [-0.2, 0) is 11.1 Å². The third kappa shape index (κ3) is 3.09. The van der Waals surface area contributed by atoms with Gasteiger partial charge in [-0.05, 0) is 30.1 Å². The molecule has 2 aromatic rings. The van der Waals surface area contributed by atoms with Gasteiger partial charge in [-0.15, -0.1) is 0 Å². The molecule has 1 atom stereocenters. The maximum atomic E-state index is 11.0. The van der Waals surface area contributed by atoms with E-state index in [4.69, 9.17) is 4.74 Å². The molecular weight excluding hydrogens is 247 g/mol. The molecule has 0 saturated heterocycles. The van der Waals surface area contributed by atoms with Crippen molar-refractivity contribution in [1.29, 1.82) is 0 Å². The van der Waals surface area contributed by atoms with Crippen molar-refractivity contribution in [2.45, 2.75) is 11.8 Å². The standard InChI is InChI=1S/C12H12O3S.Na/c1-2-15-11-7-8-12(16(13)14)10-6-4-3-5-9(10)11;/h3-8H,2H2,1H3,(H,13,14);/q;+1/p-1. The minimum Gasteiger partial charge on any atom is -0.768 e. The molecule has 0 heterocycles. The van der Waals surface area contributed by atoms with Gasteiger partial charge < -0.3 is 9.29 Å². The smallest absolute Gasteiger partial charge is 0.768 e. The third-order valence-electron chi connectivity index (χ3n) is 2.32. The van der Waals surface area contributed by atoms with Crippen LogP contribution in [0.5, 0.6) is 5.75 Å². The van der Waals surface area contributed by atoms with Crippen molar-refractivity contribution in [3.63, 3.8) is 0 Å². The van der Waals surface area contributed by atoms with Gasteiger partial charge in [-0.25, -0.2) is 0 Å². The number of hydrogen-bond donors (Lipinski definition) is 0. The van der Waals surface area contributed by atoms with Crippen LogP contribution in [0.15, 0.2) is 41.3 Å². The molecule has 2 aromatic carbocycles. The number of benzene rings is 2. The first-order chi connectivity index (χ1) is 7.74. The molecule has 17 heavy (non-hydrogen) atoms. The van der Waals surface area contributed by atoms with Crippen LogP contribution in [0.3, 0.4) is 0 Å². The number of hydrogen-bond acceptors (Lipinski definition) is 3. The van der Waals surface area contributed by atoms with E-state index in [2.05, 4.69) is 0 Å². The monoisotopic (exact) mass is 258 g/mol. The molecule has 3 nitrogen and oxygen atoms in total. The minimum atomic E-state index is -2.22. The molecule has 0 fully saturated rings. The summed E-state index contributed by atoms with van der Waals surface area (Å²) in [5, 5.41) is 1.52. The summed E-state index contributed by atoms with van der Waals surface area (Å²) < 4.78 is 27.5. The molecule has 0 radical (unpaired) electrons. The van der Waals surface area contributed by atoms with Gasteiger partial charge in [-0.2, -0.15) is 0 Å². The van der Waals surface area contributed by atoms with Crippen LogP contribution in [0.2, 0.25) is 0 Å². The van der Waals surface area contributed by atoms with E-state index in [1.54, 1.807) is 18.2 Å². The van der Waals surface area contributed by atoms with Crippen molar-refractivity contribution in [1.82, 2.24) is 0 Å². The number of fused-ring (bicyclic) bond motifs is 1.